The second-order valence-electron chi connectivity index (χ2n) is 10.5. The molecule has 0 spiro atoms. The number of benzene rings is 3. The van der Waals surface area contributed by atoms with Crippen molar-refractivity contribution in [1.29, 1.82) is 0 Å². The largest absolute Gasteiger partial charge is 0.573 e. The molecular weight excluding hydrogens is 589 g/mol. The number of thioether (sulfide) groups is 1. The summed E-state index contributed by atoms with van der Waals surface area (Å²) < 4.78 is 42.6. The summed E-state index contributed by atoms with van der Waals surface area (Å²) in [4.78, 5) is 23.4. The molecule has 1 aliphatic rings. The van der Waals surface area contributed by atoms with Crippen LogP contribution in [0.4, 0.5) is 23.7 Å². The van der Waals surface area contributed by atoms with Crippen molar-refractivity contribution in [2.75, 3.05) is 23.7 Å². The van der Waals surface area contributed by atoms with Crippen LogP contribution in [-0.4, -0.2) is 51.2 Å². The van der Waals surface area contributed by atoms with E-state index in [0.29, 0.717) is 24.0 Å². The van der Waals surface area contributed by atoms with Crippen LogP contribution in [0.1, 0.15) is 31.4 Å². The molecule has 12 heteroatoms. The lowest BCUT2D eigenvalue weighted by Crippen LogP contribution is -2.29. The van der Waals surface area contributed by atoms with Gasteiger partial charge < -0.3 is 15.0 Å². The van der Waals surface area contributed by atoms with Crippen molar-refractivity contribution in [3.8, 4) is 22.8 Å². The molecule has 1 aliphatic heterocycles. The predicted molar refractivity (Wildman–Crippen MR) is 167 cm³/mol. The topological polar surface area (TPSA) is 84.6 Å². The van der Waals surface area contributed by atoms with Crippen molar-refractivity contribution >= 4 is 28.6 Å². The number of hydrogen-bond acceptors (Lipinski definition) is 5. The first-order valence-corrected chi connectivity index (χ1v) is 15.4. The van der Waals surface area contributed by atoms with E-state index in [0.717, 1.165) is 53.5 Å². The van der Waals surface area contributed by atoms with Gasteiger partial charge in [0.2, 0.25) is 0 Å². The lowest BCUT2D eigenvalue weighted by molar-refractivity contribution is -0.274. The minimum atomic E-state index is -4.74. The van der Waals surface area contributed by atoms with E-state index < -0.39 is 6.36 Å². The summed E-state index contributed by atoms with van der Waals surface area (Å²) in [5.41, 5.74) is 4.89. The first kappa shape index (κ1) is 31.1. The second-order valence-corrected chi connectivity index (χ2v) is 11.5. The predicted octanol–water partition coefficient (Wildman–Crippen LogP) is 7.28. The maximum absolute atomic E-state index is 12.6. The van der Waals surface area contributed by atoms with Crippen LogP contribution in [-0.2, 0) is 12.8 Å². The van der Waals surface area contributed by atoms with E-state index in [2.05, 4.69) is 56.0 Å². The van der Waals surface area contributed by atoms with Crippen molar-refractivity contribution in [2.45, 2.75) is 39.5 Å². The SMILES string of the molecule is CCc1ccccc1N1CCSC1=NC(=O)NCCC(C)Cc1ccc(-c2ncn(-c3ccc(OC(F)(F)F)cc3)n2)cc1. The van der Waals surface area contributed by atoms with Crippen LogP contribution in [0, 0.1) is 5.92 Å². The summed E-state index contributed by atoms with van der Waals surface area (Å²) in [6.07, 6.45) is -0.653. The Balaban J connectivity index is 1.10. The van der Waals surface area contributed by atoms with Crippen LogP contribution in [0.2, 0.25) is 0 Å². The Morgan fingerprint density at radius 2 is 1.84 bits per heavy atom. The minimum Gasteiger partial charge on any atom is -0.406 e. The van der Waals surface area contributed by atoms with E-state index in [1.807, 2.05) is 36.4 Å². The number of amides is 2. The summed E-state index contributed by atoms with van der Waals surface area (Å²) in [7, 11) is 0. The molecule has 0 radical (unpaired) electrons. The highest BCUT2D eigenvalue weighted by Gasteiger charge is 2.31. The fourth-order valence-electron chi connectivity index (χ4n) is 4.96. The second kappa shape index (κ2) is 14.0. The van der Waals surface area contributed by atoms with Crippen LogP contribution in [0.5, 0.6) is 5.75 Å². The summed E-state index contributed by atoms with van der Waals surface area (Å²) in [6.45, 7) is 5.65. The summed E-state index contributed by atoms with van der Waals surface area (Å²) in [6, 6.07) is 21.3. The fourth-order valence-corrected chi connectivity index (χ4v) is 5.91. The van der Waals surface area contributed by atoms with E-state index in [1.165, 1.54) is 40.8 Å². The Labute approximate surface area is 258 Å². The number of aromatic nitrogens is 3. The van der Waals surface area contributed by atoms with E-state index in [1.54, 1.807) is 11.8 Å². The molecule has 8 nitrogen and oxygen atoms in total. The van der Waals surface area contributed by atoms with Gasteiger partial charge in [-0.3, -0.25) is 0 Å². The summed E-state index contributed by atoms with van der Waals surface area (Å²) in [5.74, 6) is 1.44. The van der Waals surface area contributed by atoms with Gasteiger partial charge in [-0.25, -0.2) is 14.5 Å². The van der Waals surface area contributed by atoms with Gasteiger partial charge in [0.15, 0.2) is 11.0 Å². The zero-order valence-corrected chi connectivity index (χ0v) is 25.2. The monoisotopic (exact) mass is 622 g/mol. The molecule has 3 aromatic carbocycles. The molecular formula is C32H33F3N6O2S. The number of para-hydroxylation sites is 1. The molecule has 1 N–H and O–H groups in total. The number of amidine groups is 1. The van der Waals surface area contributed by atoms with Crippen molar-refractivity contribution in [2.24, 2.45) is 10.9 Å². The summed E-state index contributed by atoms with van der Waals surface area (Å²) >= 11 is 1.60. The third-order valence-corrected chi connectivity index (χ3v) is 8.13. The lowest BCUT2D eigenvalue weighted by Gasteiger charge is -2.20. The number of anilines is 1. The van der Waals surface area contributed by atoms with Crippen LogP contribution >= 0.6 is 11.8 Å². The molecule has 0 aliphatic carbocycles. The molecule has 2 amide bonds. The first-order valence-electron chi connectivity index (χ1n) is 14.4. The molecule has 2 heterocycles. The van der Waals surface area contributed by atoms with E-state index in [4.69, 9.17) is 0 Å². The standard InChI is InChI=1S/C32H33F3N6O2S/c1-3-24-6-4-5-7-28(24)40-18-19-44-31(40)38-30(42)36-17-16-22(2)20-23-8-10-25(11-9-23)29-37-21-41(39-29)26-12-14-27(15-13-26)43-32(33,34)35/h4-15,21-22H,3,16-20H2,1-2H3,(H,36,42). The molecule has 1 saturated heterocycles. The third kappa shape index (κ3) is 8.19. The molecule has 0 bridgehead atoms. The smallest absolute Gasteiger partial charge is 0.406 e. The van der Waals surface area contributed by atoms with Crippen LogP contribution in [0.25, 0.3) is 17.1 Å². The molecule has 44 heavy (non-hydrogen) atoms. The summed E-state index contributed by atoms with van der Waals surface area (Å²) in [5, 5.41) is 8.14. The Hall–Kier alpha value is -4.32. The average molecular weight is 623 g/mol. The number of ether oxygens (including phenoxy) is 1. The Morgan fingerprint density at radius 3 is 2.57 bits per heavy atom. The van der Waals surface area contributed by atoms with Gasteiger partial charge in [-0.15, -0.1) is 18.3 Å². The third-order valence-electron chi connectivity index (χ3n) is 7.17. The number of alkyl halides is 3. The number of urea groups is 1. The van der Waals surface area contributed by atoms with Crippen LogP contribution in [0.15, 0.2) is 84.1 Å². The van der Waals surface area contributed by atoms with E-state index in [-0.39, 0.29) is 11.8 Å². The van der Waals surface area contributed by atoms with Gasteiger partial charge in [-0.2, -0.15) is 4.99 Å². The lowest BCUT2D eigenvalue weighted by atomic mass is 9.97. The van der Waals surface area contributed by atoms with Gasteiger partial charge in [0.1, 0.15) is 12.1 Å². The highest BCUT2D eigenvalue weighted by molar-refractivity contribution is 8.14. The molecule has 1 atom stereocenters. The number of nitrogens with zero attached hydrogens (tertiary/aromatic N) is 5. The number of hydrogen-bond donors (Lipinski definition) is 1. The molecule has 230 valence electrons. The highest BCUT2D eigenvalue weighted by atomic mass is 32.2. The minimum absolute atomic E-state index is 0.299. The van der Waals surface area contributed by atoms with Crippen LogP contribution in [0.3, 0.4) is 0 Å². The molecule has 0 saturated carbocycles. The number of carbonyl (C=O) groups is 1. The normalized spacial score (nSPS) is 15.0. The van der Waals surface area contributed by atoms with Crippen LogP contribution < -0.4 is 15.0 Å². The van der Waals surface area contributed by atoms with Crippen molar-refractivity contribution in [3.63, 3.8) is 0 Å². The Bertz CT molecular complexity index is 1590. The maximum Gasteiger partial charge on any atom is 0.573 e. The first-order chi connectivity index (χ1) is 21.2. The van der Waals surface area contributed by atoms with Gasteiger partial charge in [0, 0.05) is 30.1 Å². The van der Waals surface area contributed by atoms with Crippen molar-refractivity contribution in [3.05, 3.63) is 90.3 Å². The zero-order valence-electron chi connectivity index (χ0n) is 24.4. The maximum atomic E-state index is 12.6. The molecule has 1 aromatic heterocycles. The number of aryl methyl sites for hydroxylation is 1. The molecule has 4 aromatic rings. The van der Waals surface area contributed by atoms with Crippen molar-refractivity contribution < 1.29 is 22.7 Å². The fraction of sp³-hybridized carbons (Fsp3) is 0.312. The zero-order chi connectivity index (χ0) is 31.1. The van der Waals surface area contributed by atoms with Gasteiger partial charge in [-0.1, -0.05) is 68.1 Å². The van der Waals surface area contributed by atoms with Crippen molar-refractivity contribution in [1.82, 2.24) is 20.1 Å². The number of carbonyl (C=O) groups excluding carboxylic acids is 1. The van der Waals surface area contributed by atoms with Gasteiger partial charge >= 0.3 is 12.4 Å². The number of rotatable bonds is 10. The average Bonchev–Trinajstić information content (AvgIpc) is 3.67. The molecule has 1 fully saturated rings. The molecule has 5 rings (SSSR count). The highest BCUT2D eigenvalue weighted by Crippen LogP contribution is 2.29. The van der Waals surface area contributed by atoms with E-state index >= 15 is 0 Å². The number of halogens is 3. The molecule has 1 unspecified atom stereocenters. The Kier molecular flexibility index (Phi) is 9.89. The number of nitrogens with one attached hydrogen (secondary N) is 1. The Morgan fingerprint density at radius 1 is 1.09 bits per heavy atom. The van der Waals surface area contributed by atoms with Gasteiger partial charge in [0.05, 0.1) is 5.69 Å². The number of aliphatic imine (C=N–C) groups is 1. The van der Waals surface area contributed by atoms with E-state index in [9.17, 15) is 18.0 Å². The van der Waals surface area contributed by atoms with Gasteiger partial charge in [-0.05, 0) is 66.6 Å². The quantitative estimate of drug-likeness (QED) is 0.200. The van der Waals surface area contributed by atoms with Gasteiger partial charge in [0.25, 0.3) is 0 Å².